The first-order valence-electron chi connectivity index (χ1n) is 4.90. The molecule has 0 unspecified atom stereocenters. The Morgan fingerprint density at radius 3 is 1.38 bits per heavy atom. The fraction of sp³-hybridized carbons (Fsp3) is 0.0714. The summed E-state index contributed by atoms with van der Waals surface area (Å²) in [5, 5.41) is 0. The van der Waals surface area contributed by atoms with E-state index in [1.54, 1.807) is 0 Å². The summed E-state index contributed by atoms with van der Waals surface area (Å²) < 4.78 is 0. The highest BCUT2D eigenvalue weighted by Crippen LogP contribution is 2.08. The molecule has 2 aromatic rings. The van der Waals surface area contributed by atoms with Gasteiger partial charge in [0, 0.05) is 11.1 Å². The van der Waals surface area contributed by atoms with Crippen molar-refractivity contribution in [1.82, 2.24) is 0 Å². The molecular weight excluding hydrogens is 311 g/mol. The predicted molar refractivity (Wildman–Crippen MR) is 76.3 cm³/mol. The van der Waals surface area contributed by atoms with E-state index in [4.69, 9.17) is 0 Å². The van der Waals surface area contributed by atoms with Crippen molar-refractivity contribution in [3.05, 3.63) is 71.8 Å². The van der Waals surface area contributed by atoms with Gasteiger partial charge in [-0.3, -0.25) is 4.79 Å². The van der Waals surface area contributed by atoms with Gasteiger partial charge in [-0.2, -0.15) is 0 Å². The number of benzene rings is 2. The summed E-state index contributed by atoms with van der Waals surface area (Å²) in [6.45, 7) is 0. The lowest BCUT2D eigenvalue weighted by molar-refractivity contribution is 0.103. The third-order valence-corrected chi connectivity index (χ3v) is 2.07. The molecule has 0 saturated carbocycles. The standard InChI is InChI=1S/C13H10O.CH3I/c14-13(11-7-3-1-4-8-11)12-9-5-2-6-10-12;1-2/h1-10H;1H3. The summed E-state index contributed by atoms with van der Waals surface area (Å²) >= 11 is 2.15. The zero-order chi connectivity index (χ0) is 11.8. The zero-order valence-corrected chi connectivity index (χ0v) is 11.2. The topological polar surface area (TPSA) is 17.1 Å². The van der Waals surface area contributed by atoms with Crippen LogP contribution in [0.15, 0.2) is 60.7 Å². The molecule has 2 aromatic carbocycles. The second kappa shape index (κ2) is 7.17. The number of ketones is 1. The lowest BCUT2D eigenvalue weighted by atomic mass is 10.0. The second-order valence-corrected chi connectivity index (χ2v) is 3.06. The first-order valence-corrected chi connectivity index (χ1v) is 7.06. The number of halogens is 1. The molecule has 0 spiro atoms. The van der Waals surface area contributed by atoms with Gasteiger partial charge in [0.25, 0.3) is 0 Å². The van der Waals surface area contributed by atoms with Crippen LogP contribution >= 0.6 is 22.6 Å². The molecule has 0 aliphatic heterocycles. The van der Waals surface area contributed by atoms with Crippen molar-refractivity contribution >= 4 is 28.4 Å². The summed E-state index contributed by atoms with van der Waals surface area (Å²) in [5.74, 6) is 0.0752. The molecule has 0 atom stereocenters. The monoisotopic (exact) mass is 324 g/mol. The molecule has 0 aliphatic carbocycles. The van der Waals surface area contributed by atoms with Crippen LogP contribution in [0.2, 0.25) is 0 Å². The lowest BCUT2D eigenvalue weighted by Gasteiger charge is -1.99. The Labute approximate surface area is 110 Å². The van der Waals surface area contributed by atoms with Crippen molar-refractivity contribution in [3.63, 3.8) is 0 Å². The van der Waals surface area contributed by atoms with Crippen LogP contribution in [0.1, 0.15) is 15.9 Å². The van der Waals surface area contributed by atoms with E-state index in [-0.39, 0.29) is 5.78 Å². The van der Waals surface area contributed by atoms with Gasteiger partial charge in [-0.05, 0) is 4.93 Å². The molecule has 2 rings (SSSR count). The number of carbonyl (C=O) groups is 1. The lowest BCUT2D eigenvalue weighted by Crippen LogP contribution is -1.99. The van der Waals surface area contributed by atoms with Crippen LogP contribution in [0.4, 0.5) is 0 Å². The molecule has 2 heteroatoms. The third-order valence-electron chi connectivity index (χ3n) is 2.07. The number of rotatable bonds is 2. The Balaban J connectivity index is 0.000000606. The van der Waals surface area contributed by atoms with E-state index < -0.39 is 0 Å². The minimum absolute atomic E-state index is 0.0752. The molecule has 16 heavy (non-hydrogen) atoms. The Hall–Kier alpha value is -1.16. The van der Waals surface area contributed by atoms with Gasteiger partial charge < -0.3 is 0 Å². The molecule has 0 amide bonds. The maximum Gasteiger partial charge on any atom is 0.193 e. The second-order valence-electron chi connectivity index (χ2n) is 3.06. The normalized spacial score (nSPS) is 8.88. The van der Waals surface area contributed by atoms with Gasteiger partial charge >= 0.3 is 0 Å². The van der Waals surface area contributed by atoms with Crippen LogP contribution in [0, 0.1) is 0 Å². The molecule has 0 fully saturated rings. The molecule has 0 heterocycles. The molecule has 0 radical (unpaired) electrons. The van der Waals surface area contributed by atoms with Gasteiger partial charge in [0.2, 0.25) is 0 Å². The first kappa shape index (κ1) is 12.9. The van der Waals surface area contributed by atoms with Crippen molar-refractivity contribution in [1.29, 1.82) is 0 Å². The van der Waals surface area contributed by atoms with E-state index in [0.717, 1.165) is 11.1 Å². The summed E-state index contributed by atoms with van der Waals surface area (Å²) in [6, 6.07) is 18.6. The summed E-state index contributed by atoms with van der Waals surface area (Å²) in [4.78, 5) is 13.8. The zero-order valence-electron chi connectivity index (χ0n) is 9.06. The largest absolute Gasteiger partial charge is 0.289 e. The highest BCUT2D eigenvalue weighted by molar-refractivity contribution is 14.1. The van der Waals surface area contributed by atoms with Gasteiger partial charge in [-0.1, -0.05) is 83.3 Å². The average Bonchev–Trinajstić information content (AvgIpc) is 2.42. The highest BCUT2D eigenvalue weighted by Gasteiger charge is 2.06. The number of carbonyl (C=O) groups excluding carboxylic acids is 1. The van der Waals surface area contributed by atoms with E-state index >= 15 is 0 Å². The van der Waals surface area contributed by atoms with Crippen molar-refractivity contribution in [3.8, 4) is 0 Å². The van der Waals surface area contributed by atoms with E-state index in [1.165, 1.54) is 0 Å². The van der Waals surface area contributed by atoms with E-state index in [9.17, 15) is 4.79 Å². The fourth-order valence-corrected chi connectivity index (χ4v) is 1.35. The van der Waals surface area contributed by atoms with Crippen LogP contribution in [0.3, 0.4) is 0 Å². The summed E-state index contributed by atoms with van der Waals surface area (Å²) in [6.07, 6.45) is 0. The van der Waals surface area contributed by atoms with Crippen LogP contribution in [-0.2, 0) is 0 Å². The SMILES string of the molecule is CI.O=C(c1ccccc1)c1ccccc1. The smallest absolute Gasteiger partial charge is 0.193 e. The highest BCUT2D eigenvalue weighted by atomic mass is 127. The summed E-state index contributed by atoms with van der Waals surface area (Å²) in [5.41, 5.74) is 1.47. The van der Waals surface area contributed by atoms with E-state index in [2.05, 4.69) is 22.6 Å². The van der Waals surface area contributed by atoms with Crippen LogP contribution in [0.5, 0.6) is 0 Å². The third kappa shape index (κ3) is 3.45. The van der Waals surface area contributed by atoms with Gasteiger partial charge in [-0.25, -0.2) is 0 Å². The summed E-state index contributed by atoms with van der Waals surface area (Å²) in [7, 11) is 0. The quantitative estimate of drug-likeness (QED) is 0.464. The maximum atomic E-state index is 11.8. The Bertz CT molecular complexity index is 382. The van der Waals surface area contributed by atoms with Gasteiger partial charge in [0.15, 0.2) is 5.78 Å². The van der Waals surface area contributed by atoms with Gasteiger partial charge in [0.1, 0.15) is 0 Å². The van der Waals surface area contributed by atoms with Crippen LogP contribution < -0.4 is 0 Å². The number of alkyl halides is 1. The van der Waals surface area contributed by atoms with Crippen molar-refractivity contribution in [2.75, 3.05) is 4.93 Å². The van der Waals surface area contributed by atoms with E-state index in [0.29, 0.717) is 0 Å². The minimum atomic E-state index is 0.0752. The number of hydrogen-bond acceptors (Lipinski definition) is 1. The molecule has 0 saturated heterocycles. The van der Waals surface area contributed by atoms with Crippen molar-refractivity contribution in [2.45, 2.75) is 0 Å². The van der Waals surface area contributed by atoms with Crippen molar-refractivity contribution in [2.24, 2.45) is 0 Å². The first-order chi connectivity index (χ1) is 7.88. The van der Waals surface area contributed by atoms with Gasteiger partial charge in [0.05, 0.1) is 0 Å². The van der Waals surface area contributed by atoms with E-state index in [1.807, 2.05) is 65.6 Å². The maximum absolute atomic E-state index is 11.8. The molecule has 0 N–H and O–H groups in total. The molecule has 0 bridgehead atoms. The number of hydrogen-bond donors (Lipinski definition) is 0. The minimum Gasteiger partial charge on any atom is -0.289 e. The molecular formula is C14H13IO. The Kier molecular flexibility index (Phi) is 5.78. The Morgan fingerprint density at radius 2 is 1.06 bits per heavy atom. The predicted octanol–water partition coefficient (Wildman–Crippen LogP) is 3.97. The Morgan fingerprint density at radius 1 is 0.750 bits per heavy atom. The van der Waals surface area contributed by atoms with Gasteiger partial charge in [-0.15, -0.1) is 0 Å². The van der Waals surface area contributed by atoms with Crippen LogP contribution in [-0.4, -0.2) is 10.7 Å². The molecule has 82 valence electrons. The molecule has 1 nitrogen and oxygen atoms in total. The molecule has 0 aliphatic rings. The van der Waals surface area contributed by atoms with Crippen molar-refractivity contribution < 1.29 is 4.79 Å². The molecule has 0 aromatic heterocycles. The fourth-order valence-electron chi connectivity index (χ4n) is 1.35. The average molecular weight is 324 g/mol. The van der Waals surface area contributed by atoms with Crippen LogP contribution in [0.25, 0.3) is 0 Å².